The first-order chi connectivity index (χ1) is 8.43. The summed E-state index contributed by atoms with van der Waals surface area (Å²) in [5.41, 5.74) is -0.656. The van der Waals surface area contributed by atoms with Crippen LogP contribution in [0.4, 0.5) is 0 Å². The zero-order valence-corrected chi connectivity index (χ0v) is 11.7. The minimum atomic E-state index is -0.713. The molecule has 0 fully saturated rings. The number of nitrogens with zero attached hydrogens (tertiary/aromatic N) is 1. The van der Waals surface area contributed by atoms with Gasteiger partial charge in [0.15, 0.2) is 0 Å². The highest BCUT2D eigenvalue weighted by molar-refractivity contribution is 5.74. The fraction of sp³-hybridized carbons (Fsp3) is 0.643. The summed E-state index contributed by atoms with van der Waals surface area (Å²) in [6.07, 6.45) is 1.28. The van der Waals surface area contributed by atoms with Gasteiger partial charge >= 0.3 is 5.97 Å². The van der Waals surface area contributed by atoms with E-state index in [9.17, 15) is 9.90 Å². The van der Waals surface area contributed by atoms with Crippen LogP contribution < -0.4 is 0 Å². The van der Waals surface area contributed by atoms with Crippen LogP contribution in [0.2, 0.25) is 0 Å². The molecule has 0 aliphatic rings. The zero-order valence-electron chi connectivity index (χ0n) is 11.7. The van der Waals surface area contributed by atoms with E-state index in [4.69, 9.17) is 4.42 Å². The van der Waals surface area contributed by atoms with Crippen LogP contribution in [0.15, 0.2) is 16.5 Å². The van der Waals surface area contributed by atoms with Crippen molar-refractivity contribution in [1.82, 2.24) is 4.90 Å². The van der Waals surface area contributed by atoms with Gasteiger partial charge in [0.05, 0.1) is 12.0 Å². The predicted octanol–water partition coefficient (Wildman–Crippen LogP) is 2.91. The van der Waals surface area contributed by atoms with E-state index >= 15 is 0 Å². The Morgan fingerprint density at radius 3 is 2.39 bits per heavy atom. The third kappa shape index (κ3) is 3.35. The van der Waals surface area contributed by atoms with Crippen LogP contribution in [0.1, 0.15) is 38.2 Å². The van der Waals surface area contributed by atoms with Crippen LogP contribution >= 0.6 is 0 Å². The van der Waals surface area contributed by atoms with Crippen molar-refractivity contribution in [3.8, 4) is 0 Å². The Labute approximate surface area is 109 Å². The standard InChI is InChI=1S/C14H23NO3/c1-5-14(6-2,13(16)17)10-15(4)9-12-8-7-11(3)18-12/h7-8H,5-6,9-10H2,1-4H3,(H,16,17). The molecule has 4 heteroatoms. The maximum Gasteiger partial charge on any atom is 0.310 e. The van der Waals surface area contributed by atoms with Crippen molar-refractivity contribution in [2.24, 2.45) is 5.41 Å². The van der Waals surface area contributed by atoms with E-state index in [-0.39, 0.29) is 0 Å². The number of aliphatic carboxylic acids is 1. The average molecular weight is 253 g/mol. The molecular weight excluding hydrogens is 230 g/mol. The van der Waals surface area contributed by atoms with E-state index < -0.39 is 11.4 Å². The summed E-state index contributed by atoms with van der Waals surface area (Å²) in [7, 11) is 1.93. The topological polar surface area (TPSA) is 53.7 Å². The maximum atomic E-state index is 11.4. The Hall–Kier alpha value is -1.29. The van der Waals surface area contributed by atoms with Crippen molar-refractivity contribution in [2.75, 3.05) is 13.6 Å². The van der Waals surface area contributed by atoms with Crippen molar-refractivity contribution in [3.05, 3.63) is 23.7 Å². The first-order valence-corrected chi connectivity index (χ1v) is 6.40. The Balaban J connectivity index is 2.67. The van der Waals surface area contributed by atoms with Crippen molar-refractivity contribution in [2.45, 2.75) is 40.2 Å². The van der Waals surface area contributed by atoms with Gasteiger partial charge in [0.1, 0.15) is 11.5 Å². The molecule has 0 radical (unpaired) electrons. The molecule has 1 N–H and O–H groups in total. The van der Waals surface area contributed by atoms with Crippen LogP contribution in [0, 0.1) is 12.3 Å². The number of rotatable bonds is 7. The Bertz CT molecular complexity index is 393. The second kappa shape index (κ2) is 6.05. The third-order valence-corrected chi connectivity index (χ3v) is 3.60. The second-order valence-corrected chi connectivity index (χ2v) is 4.98. The Morgan fingerprint density at radius 1 is 1.39 bits per heavy atom. The Kier molecular flexibility index (Phi) is 4.96. The molecule has 0 aliphatic heterocycles. The summed E-state index contributed by atoms with van der Waals surface area (Å²) in [5, 5.41) is 9.39. The average Bonchev–Trinajstić information content (AvgIpc) is 2.71. The van der Waals surface area contributed by atoms with Gasteiger partial charge in [-0.25, -0.2) is 0 Å². The van der Waals surface area contributed by atoms with Crippen LogP contribution in [0.3, 0.4) is 0 Å². The first-order valence-electron chi connectivity index (χ1n) is 6.40. The lowest BCUT2D eigenvalue weighted by Gasteiger charge is -2.31. The zero-order chi connectivity index (χ0) is 13.8. The van der Waals surface area contributed by atoms with Gasteiger partial charge in [0.25, 0.3) is 0 Å². The van der Waals surface area contributed by atoms with E-state index in [1.54, 1.807) is 0 Å². The normalized spacial score (nSPS) is 12.1. The number of aryl methyl sites for hydroxylation is 1. The van der Waals surface area contributed by atoms with E-state index in [2.05, 4.69) is 0 Å². The van der Waals surface area contributed by atoms with Gasteiger partial charge in [-0.05, 0) is 38.9 Å². The predicted molar refractivity (Wildman–Crippen MR) is 70.4 cm³/mol. The molecule has 1 rings (SSSR count). The minimum absolute atomic E-state index is 0.537. The number of furan rings is 1. The van der Waals surface area contributed by atoms with Crippen LogP contribution in [0.25, 0.3) is 0 Å². The molecule has 0 amide bonds. The van der Waals surface area contributed by atoms with E-state index in [0.29, 0.717) is 25.9 Å². The van der Waals surface area contributed by atoms with E-state index in [1.165, 1.54) is 0 Å². The molecule has 0 saturated heterocycles. The molecule has 0 spiro atoms. The van der Waals surface area contributed by atoms with Crippen molar-refractivity contribution < 1.29 is 14.3 Å². The van der Waals surface area contributed by atoms with E-state index in [0.717, 1.165) is 11.5 Å². The van der Waals surface area contributed by atoms with Gasteiger partial charge in [0, 0.05) is 6.54 Å². The van der Waals surface area contributed by atoms with Crippen LogP contribution in [-0.4, -0.2) is 29.6 Å². The first kappa shape index (κ1) is 14.8. The Morgan fingerprint density at radius 2 is 2.00 bits per heavy atom. The number of carboxylic acids is 1. The lowest BCUT2D eigenvalue weighted by atomic mass is 9.82. The molecule has 0 saturated carbocycles. The molecule has 1 aromatic heterocycles. The summed E-state index contributed by atoms with van der Waals surface area (Å²) in [4.78, 5) is 13.4. The molecule has 1 aromatic rings. The van der Waals surface area contributed by atoms with Crippen molar-refractivity contribution in [1.29, 1.82) is 0 Å². The summed E-state index contributed by atoms with van der Waals surface area (Å²) in [5.74, 6) is 1.05. The van der Waals surface area contributed by atoms with Crippen LogP contribution in [0.5, 0.6) is 0 Å². The van der Waals surface area contributed by atoms with Crippen molar-refractivity contribution in [3.63, 3.8) is 0 Å². The summed E-state index contributed by atoms with van der Waals surface area (Å²) in [6, 6.07) is 3.86. The molecular formula is C14H23NO3. The maximum absolute atomic E-state index is 11.4. The molecule has 1 heterocycles. The highest BCUT2D eigenvalue weighted by Gasteiger charge is 2.35. The minimum Gasteiger partial charge on any atom is -0.481 e. The fourth-order valence-electron chi connectivity index (χ4n) is 2.25. The number of carbonyl (C=O) groups is 1. The summed E-state index contributed by atoms with van der Waals surface area (Å²) >= 11 is 0. The summed E-state index contributed by atoms with van der Waals surface area (Å²) < 4.78 is 5.51. The highest BCUT2D eigenvalue weighted by Crippen LogP contribution is 2.28. The lowest BCUT2D eigenvalue weighted by Crippen LogP contribution is -2.40. The fourth-order valence-corrected chi connectivity index (χ4v) is 2.25. The van der Waals surface area contributed by atoms with Crippen molar-refractivity contribution >= 4 is 5.97 Å². The molecule has 0 atom stereocenters. The quantitative estimate of drug-likeness (QED) is 0.811. The van der Waals surface area contributed by atoms with Gasteiger partial charge < -0.3 is 9.52 Å². The number of hydrogen-bond acceptors (Lipinski definition) is 3. The molecule has 0 bridgehead atoms. The van der Waals surface area contributed by atoms with Gasteiger partial charge in [0.2, 0.25) is 0 Å². The van der Waals surface area contributed by atoms with Gasteiger partial charge in [-0.3, -0.25) is 9.69 Å². The van der Waals surface area contributed by atoms with Gasteiger partial charge in [-0.1, -0.05) is 13.8 Å². The highest BCUT2D eigenvalue weighted by atomic mass is 16.4. The molecule has 0 unspecified atom stereocenters. The smallest absolute Gasteiger partial charge is 0.310 e. The van der Waals surface area contributed by atoms with Crippen LogP contribution in [-0.2, 0) is 11.3 Å². The SMILES string of the molecule is CCC(CC)(CN(C)Cc1ccc(C)o1)C(=O)O. The third-order valence-electron chi connectivity index (χ3n) is 3.60. The summed E-state index contributed by atoms with van der Waals surface area (Å²) in [6.45, 7) is 6.95. The molecule has 0 aliphatic carbocycles. The van der Waals surface area contributed by atoms with Gasteiger partial charge in [-0.15, -0.1) is 0 Å². The van der Waals surface area contributed by atoms with Gasteiger partial charge in [-0.2, -0.15) is 0 Å². The largest absolute Gasteiger partial charge is 0.481 e. The second-order valence-electron chi connectivity index (χ2n) is 4.98. The number of hydrogen-bond donors (Lipinski definition) is 1. The molecule has 0 aromatic carbocycles. The lowest BCUT2D eigenvalue weighted by molar-refractivity contribution is -0.150. The monoisotopic (exact) mass is 253 g/mol. The molecule has 18 heavy (non-hydrogen) atoms. The molecule has 102 valence electrons. The molecule has 4 nitrogen and oxygen atoms in total. The number of carboxylic acid groups (broad SMARTS) is 1. The van der Waals surface area contributed by atoms with E-state index in [1.807, 2.05) is 44.9 Å².